The Morgan fingerprint density at radius 3 is 2.17 bits per heavy atom. The normalized spacial score (nSPS) is 12.3. The number of hydrogen-bond donors (Lipinski definition) is 1. The lowest BCUT2D eigenvalue weighted by Crippen LogP contribution is -2.14. The fourth-order valence-electron chi connectivity index (χ4n) is 2.17. The highest BCUT2D eigenvalue weighted by Crippen LogP contribution is 2.27. The number of aryl methyl sites for hydroxylation is 1. The second-order valence-corrected chi connectivity index (χ2v) is 5.24. The van der Waals surface area contributed by atoms with E-state index in [4.69, 9.17) is 0 Å². The molecule has 0 aromatic heterocycles. The number of Topliss-reactive ketones (excluding diaryl/α,β-unsaturated/α-hetero) is 1. The third kappa shape index (κ3) is 3.73. The minimum Gasteiger partial charge on any atom is -0.435 e. The van der Waals surface area contributed by atoms with Gasteiger partial charge in [0.1, 0.15) is 23.5 Å². The zero-order chi connectivity index (χ0) is 18.0. The molecule has 2 aromatic carbocycles. The number of alkyl halides is 2. The predicted octanol–water partition coefficient (Wildman–Crippen LogP) is 4.10. The van der Waals surface area contributed by atoms with E-state index in [-0.39, 0.29) is 28.0 Å². The molecule has 0 aliphatic rings. The second kappa shape index (κ2) is 7.00. The number of rotatable bonds is 5. The van der Waals surface area contributed by atoms with Gasteiger partial charge in [-0.1, -0.05) is 6.07 Å². The monoisotopic (exact) mass is 342 g/mol. The molecule has 0 heterocycles. The lowest BCUT2D eigenvalue weighted by atomic mass is 9.97. The van der Waals surface area contributed by atoms with Crippen molar-refractivity contribution in [1.29, 1.82) is 0 Å². The maximum atomic E-state index is 13.5. The van der Waals surface area contributed by atoms with Crippen molar-refractivity contribution in [2.45, 2.75) is 26.6 Å². The number of ketones is 1. The first-order chi connectivity index (χ1) is 11.2. The van der Waals surface area contributed by atoms with Gasteiger partial charge in [0.05, 0.1) is 0 Å². The van der Waals surface area contributed by atoms with Crippen molar-refractivity contribution in [3.63, 3.8) is 0 Å². The quantitative estimate of drug-likeness (QED) is 0.657. The zero-order valence-corrected chi connectivity index (χ0v) is 12.8. The summed E-state index contributed by atoms with van der Waals surface area (Å²) in [6, 6.07) is 5.38. The van der Waals surface area contributed by atoms with Crippen LogP contribution in [0.1, 0.15) is 33.2 Å². The van der Waals surface area contributed by atoms with Gasteiger partial charge in [-0.3, -0.25) is 4.79 Å². The molecule has 0 aliphatic heterocycles. The van der Waals surface area contributed by atoms with Crippen LogP contribution in [0.5, 0.6) is 5.75 Å². The number of ether oxygens (including phenoxy) is 1. The summed E-state index contributed by atoms with van der Waals surface area (Å²) in [5.74, 6) is -2.81. The molecule has 0 radical (unpaired) electrons. The third-order valence-electron chi connectivity index (χ3n) is 3.54. The van der Waals surface area contributed by atoms with Crippen molar-refractivity contribution < 1.29 is 32.2 Å². The number of aliphatic hydroxyl groups excluding tert-OH is 1. The molecule has 0 spiro atoms. The molecule has 7 heteroatoms. The molecular formula is C17H14F4O3. The summed E-state index contributed by atoms with van der Waals surface area (Å²) in [5, 5.41) is 10.1. The molecule has 2 rings (SSSR count). The van der Waals surface area contributed by atoms with Crippen LogP contribution in [0.4, 0.5) is 17.6 Å². The first kappa shape index (κ1) is 17.9. The van der Waals surface area contributed by atoms with E-state index in [1.54, 1.807) is 0 Å². The van der Waals surface area contributed by atoms with Gasteiger partial charge < -0.3 is 9.84 Å². The number of carbonyl (C=O) groups excluding carboxylic acids is 1. The average Bonchev–Trinajstić information content (AvgIpc) is 2.52. The van der Waals surface area contributed by atoms with E-state index in [1.165, 1.54) is 32.0 Å². The smallest absolute Gasteiger partial charge is 0.387 e. The molecule has 24 heavy (non-hydrogen) atoms. The van der Waals surface area contributed by atoms with Crippen molar-refractivity contribution in [2.24, 2.45) is 0 Å². The van der Waals surface area contributed by atoms with E-state index in [2.05, 4.69) is 4.74 Å². The maximum absolute atomic E-state index is 13.5. The van der Waals surface area contributed by atoms with Crippen molar-refractivity contribution in [2.75, 3.05) is 0 Å². The summed E-state index contributed by atoms with van der Waals surface area (Å²) in [6.45, 7) is -0.316. The Labute approximate surface area is 135 Å². The molecular weight excluding hydrogens is 328 g/mol. The maximum Gasteiger partial charge on any atom is 0.387 e. The molecule has 1 N–H and O–H groups in total. The van der Waals surface area contributed by atoms with Gasteiger partial charge in [-0.25, -0.2) is 8.78 Å². The number of benzene rings is 2. The van der Waals surface area contributed by atoms with E-state index in [0.29, 0.717) is 0 Å². The van der Waals surface area contributed by atoms with Crippen molar-refractivity contribution in [3.05, 3.63) is 64.2 Å². The summed E-state index contributed by atoms with van der Waals surface area (Å²) < 4.78 is 55.8. The fourth-order valence-corrected chi connectivity index (χ4v) is 2.17. The number of halogens is 4. The largest absolute Gasteiger partial charge is 0.435 e. The van der Waals surface area contributed by atoms with Crippen molar-refractivity contribution in [1.82, 2.24) is 0 Å². The molecule has 1 atom stereocenters. The first-order valence-corrected chi connectivity index (χ1v) is 6.94. The third-order valence-corrected chi connectivity index (χ3v) is 3.54. The van der Waals surface area contributed by atoms with Crippen LogP contribution in [0.2, 0.25) is 0 Å². The van der Waals surface area contributed by atoms with Gasteiger partial charge in [0.25, 0.3) is 0 Å². The molecule has 0 amide bonds. The predicted molar refractivity (Wildman–Crippen MR) is 78.2 cm³/mol. The molecule has 0 saturated heterocycles. The number of hydrogen-bond acceptors (Lipinski definition) is 3. The van der Waals surface area contributed by atoms with Gasteiger partial charge in [0.15, 0.2) is 5.78 Å². The van der Waals surface area contributed by atoms with E-state index in [0.717, 1.165) is 12.1 Å². The Balaban J connectivity index is 2.29. The summed E-state index contributed by atoms with van der Waals surface area (Å²) in [7, 11) is 0. The first-order valence-electron chi connectivity index (χ1n) is 6.94. The minimum atomic E-state index is -3.00. The van der Waals surface area contributed by atoms with Crippen LogP contribution in [0.3, 0.4) is 0 Å². The van der Waals surface area contributed by atoms with E-state index in [1.807, 2.05) is 0 Å². The number of carbonyl (C=O) groups is 1. The standard InChI is InChI=1S/C17H14F4O3/c1-8-5-10(3-4-14(8)24-17(20)21)15(22)16(23)11-6-12(18)9(2)13(19)7-11/h3-7,15,17,22H,1-2H3. The summed E-state index contributed by atoms with van der Waals surface area (Å²) in [6.07, 6.45) is -1.69. The summed E-state index contributed by atoms with van der Waals surface area (Å²) >= 11 is 0. The Morgan fingerprint density at radius 2 is 1.67 bits per heavy atom. The van der Waals surface area contributed by atoms with Crippen molar-refractivity contribution >= 4 is 5.78 Å². The Bertz CT molecular complexity index is 751. The van der Waals surface area contributed by atoms with Crippen LogP contribution in [-0.2, 0) is 0 Å². The molecule has 1 unspecified atom stereocenters. The Morgan fingerprint density at radius 1 is 1.08 bits per heavy atom. The van der Waals surface area contributed by atoms with Gasteiger partial charge in [-0.2, -0.15) is 8.78 Å². The summed E-state index contributed by atoms with van der Waals surface area (Å²) in [4.78, 5) is 12.2. The topological polar surface area (TPSA) is 46.5 Å². The van der Waals surface area contributed by atoms with Crippen LogP contribution in [-0.4, -0.2) is 17.5 Å². The molecule has 0 aliphatic carbocycles. The average molecular weight is 342 g/mol. The van der Waals surface area contributed by atoms with Crippen LogP contribution in [0, 0.1) is 25.5 Å². The molecule has 0 fully saturated rings. The van der Waals surface area contributed by atoms with Crippen molar-refractivity contribution in [3.8, 4) is 5.75 Å². The molecule has 3 nitrogen and oxygen atoms in total. The van der Waals surface area contributed by atoms with Crippen LogP contribution in [0.15, 0.2) is 30.3 Å². The van der Waals surface area contributed by atoms with E-state index < -0.39 is 30.1 Å². The van der Waals surface area contributed by atoms with Gasteiger partial charge in [0, 0.05) is 11.1 Å². The molecule has 128 valence electrons. The Kier molecular flexibility index (Phi) is 5.23. The second-order valence-electron chi connectivity index (χ2n) is 5.24. The lowest BCUT2D eigenvalue weighted by molar-refractivity contribution is -0.0503. The van der Waals surface area contributed by atoms with Gasteiger partial charge in [-0.05, 0) is 49.2 Å². The fraction of sp³-hybridized carbons (Fsp3) is 0.235. The summed E-state index contributed by atoms with van der Waals surface area (Å²) in [5.41, 5.74) is -0.180. The van der Waals surface area contributed by atoms with E-state index >= 15 is 0 Å². The molecule has 0 bridgehead atoms. The Hall–Kier alpha value is -2.41. The van der Waals surface area contributed by atoms with Gasteiger partial charge >= 0.3 is 6.61 Å². The zero-order valence-electron chi connectivity index (χ0n) is 12.8. The number of aliphatic hydroxyl groups is 1. The highest BCUT2D eigenvalue weighted by atomic mass is 19.3. The SMILES string of the molecule is Cc1cc(C(O)C(=O)c2cc(F)c(C)c(F)c2)ccc1OC(F)F. The van der Waals surface area contributed by atoms with Crippen LogP contribution >= 0.6 is 0 Å². The van der Waals surface area contributed by atoms with Gasteiger partial charge in [0.2, 0.25) is 0 Å². The van der Waals surface area contributed by atoms with Crippen LogP contribution in [0.25, 0.3) is 0 Å². The molecule has 0 saturated carbocycles. The molecule has 2 aromatic rings. The lowest BCUT2D eigenvalue weighted by Gasteiger charge is -2.14. The highest BCUT2D eigenvalue weighted by Gasteiger charge is 2.22. The highest BCUT2D eigenvalue weighted by molar-refractivity contribution is 6.00. The minimum absolute atomic E-state index is 0.0965. The van der Waals surface area contributed by atoms with Gasteiger partial charge in [-0.15, -0.1) is 0 Å². The van der Waals surface area contributed by atoms with E-state index in [9.17, 15) is 27.5 Å². The van der Waals surface area contributed by atoms with Crippen LogP contribution < -0.4 is 4.74 Å².